The molecule has 7 rings (SSSR count). The molecule has 1 N–H and O–H groups in total. The lowest BCUT2D eigenvalue weighted by atomic mass is 10.0. The summed E-state index contributed by atoms with van der Waals surface area (Å²) in [6, 6.07) is 12.2. The molecule has 3 aliphatic rings. The standard InChI is InChI=1S/C41H52FN7O3/c1-4-5-17-52-41(51)45-21-31-13-16-47(24-31)39-20-38-36(19-37(39)42)40(50)32(26-49(38)33-10-11-33)25-48(23-30-12-14-43-29(3)18-30)35-7-6-15-46(27-35)34-9-8-28(2)44-22-34/h8-9,12,14,18-20,22,26,31,33,35H,4-7,10-11,13,15-17,21,23-25,27H2,1-3H3,(H,45,51)/t31-,35-/m0/s1. The topological polar surface area (TPSA) is 95.8 Å². The van der Waals surface area contributed by atoms with Crippen molar-refractivity contribution >= 4 is 28.4 Å². The van der Waals surface area contributed by atoms with E-state index in [1.807, 2.05) is 32.3 Å². The van der Waals surface area contributed by atoms with Crippen LogP contribution in [0.2, 0.25) is 0 Å². The fourth-order valence-corrected chi connectivity index (χ4v) is 7.84. The maximum absolute atomic E-state index is 16.0. The van der Waals surface area contributed by atoms with E-state index in [9.17, 15) is 9.59 Å². The van der Waals surface area contributed by atoms with Crippen molar-refractivity contribution in [2.24, 2.45) is 5.92 Å². The number of hydrogen-bond donors (Lipinski definition) is 1. The van der Waals surface area contributed by atoms with Crippen molar-refractivity contribution in [3.8, 4) is 0 Å². The van der Waals surface area contributed by atoms with E-state index in [1.54, 1.807) is 0 Å². The number of amides is 1. The summed E-state index contributed by atoms with van der Waals surface area (Å²) in [4.78, 5) is 42.3. The molecular formula is C41H52FN7O3. The molecule has 0 radical (unpaired) electrons. The Hall–Kier alpha value is -4.51. The minimum Gasteiger partial charge on any atom is -0.450 e. The number of aromatic nitrogens is 3. The van der Waals surface area contributed by atoms with Crippen molar-refractivity contribution in [3.63, 3.8) is 0 Å². The van der Waals surface area contributed by atoms with E-state index in [0.29, 0.717) is 62.0 Å². The molecule has 0 bridgehead atoms. The van der Waals surface area contributed by atoms with E-state index in [4.69, 9.17) is 4.74 Å². The van der Waals surface area contributed by atoms with Gasteiger partial charge in [0.15, 0.2) is 5.43 Å². The zero-order valence-corrected chi connectivity index (χ0v) is 30.8. The quantitative estimate of drug-likeness (QED) is 0.150. The van der Waals surface area contributed by atoms with Crippen LogP contribution in [0.1, 0.15) is 80.4 Å². The zero-order chi connectivity index (χ0) is 36.2. The van der Waals surface area contributed by atoms with Gasteiger partial charge in [-0.05, 0) is 100 Å². The number of anilines is 2. The molecule has 2 saturated heterocycles. The van der Waals surface area contributed by atoms with Gasteiger partial charge in [-0.25, -0.2) is 9.18 Å². The normalized spacial score (nSPS) is 19.1. The average molecular weight is 710 g/mol. The number of hydrogen-bond acceptors (Lipinski definition) is 8. The second kappa shape index (κ2) is 16.0. The molecule has 5 heterocycles. The molecule has 1 saturated carbocycles. The number of nitrogens with zero attached hydrogens (tertiary/aromatic N) is 6. The second-order valence-corrected chi connectivity index (χ2v) is 15.0. The van der Waals surface area contributed by atoms with Gasteiger partial charge in [0.05, 0.1) is 29.7 Å². The van der Waals surface area contributed by atoms with Crippen molar-refractivity contribution in [3.05, 3.63) is 93.5 Å². The average Bonchev–Trinajstić information content (AvgIpc) is 3.88. The van der Waals surface area contributed by atoms with Gasteiger partial charge in [-0.15, -0.1) is 0 Å². The molecule has 2 aliphatic heterocycles. The first-order valence-electron chi connectivity index (χ1n) is 19.1. The molecule has 1 aromatic carbocycles. The lowest BCUT2D eigenvalue weighted by Crippen LogP contribution is -2.48. The Morgan fingerprint density at radius 1 is 1.00 bits per heavy atom. The lowest BCUT2D eigenvalue weighted by Gasteiger charge is -2.40. The summed E-state index contributed by atoms with van der Waals surface area (Å²) in [5.74, 6) is -0.189. The minimum absolute atomic E-state index is 0.103. The second-order valence-electron chi connectivity index (χ2n) is 15.0. The third kappa shape index (κ3) is 8.41. The Bertz CT molecular complexity index is 1930. The van der Waals surface area contributed by atoms with Crippen molar-refractivity contribution in [2.75, 3.05) is 49.1 Å². The highest BCUT2D eigenvalue weighted by Gasteiger charge is 2.31. The first-order valence-corrected chi connectivity index (χ1v) is 19.1. The van der Waals surface area contributed by atoms with Gasteiger partial charge in [0, 0.05) is 92.6 Å². The molecule has 3 aromatic heterocycles. The smallest absolute Gasteiger partial charge is 0.407 e. The van der Waals surface area contributed by atoms with Crippen molar-refractivity contribution in [2.45, 2.75) is 90.9 Å². The molecule has 0 unspecified atom stereocenters. The number of halogens is 1. The molecule has 52 heavy (non-hydrogen) atoms. The van der Waals surface area contributed by atoms with E-state index in [0.717, 1.165) is 86.2 Å². The highest BCUT2D eigenvalue weighted by molar-refractivity contribution is 5.84. The molecule has 11 heteroatoms. The van der Waals surface area contributed by atoms with Gasteiger partial charge in [0.25, 0.3) is 0 Å². The van der Waals surface area contributed by atoms with Crippen molar-refractivity contribution < 1.29 is 13.9 Å². The maximum Gasteiger partial charge on any atom is 0.407 e. The number of aryl methyl sites for hydroxylation is 2. The van der Waals surface area contributed by atoms with Gasteiger partial charge < -0.3 is 24.4 Å². The molecule has 276 valence electrons. The van der Waals surface area contributed by atoms with Crippen LogP contribution < -0.4 is 20.5 Å². The summed E-state index contributed by atoms with van der Waals surface area (Å²) in [6.45, 7) is 11.2. The number of nitrogens with one attached hydrogen (secondary N) is 1. The first kappa shape index (κ1) is 35.9. The Kier molecular flexibility index (Phi) is 11.1. The van der Waals surface area contributed by atoms with Crippen molar-refractivity contribution in [1.29, 1.82) is 0 Å². The lowest BCUT2D eigenvalue weighted by molar-refractivity contribution is 0.143. The number of rotatable bonds is 13. The zero-order valence-electron chi connectivity index (χ0n) is 30.8. The maximum atomic E-state index is 16.0. The van der Waals surface area contributed by atoms with Crippen LogP contribution in [0.5, 0.6) is 0 Å². The van der Waals surface area contributed by atoms with Crippen LogP contribution >= 0.6 is 0 Å². The number of fused-ring (bicyclic) bond motifs is 1. The Morgan fingerprint density at radius 3 is 2.63 bits per heavy atom. The molecule has 1 aliphatic carbocycles. The molecule has 2 atom stereocenters. The Labute approximate surface area is 306 Å². The number of pyridine rings is 3. The number of benzene rings is 1. The third-order valence-electron chi connectivity index (χ3n) is 10.9. The summed E-state index contributed by atoms with van der Waals surface area (Å²) in [5.41, 5.74) is 6.15. The molecule has 10 nitrogen and oxygen atoms in total. The summed E-state index contributed by atoms with van der Waals surface area (Å²) < 4.78 is 23.5. The van der Waals surface area contributed by atoms with Gasteiger partial charge in [-0.3, -0.25) is 19.7 Å². The van der Waals surface area contributed by atoms with Gasteiger partial charge in [-0.1, -0.05) is 13.3 Å². The SMILES string of the molecule is CCCCOC(=O)NC[C@@H]1CCN(c2cc3c(cc2F)c(=O)c(CN(Cc2ccnc(C)c2)[C@H]2CCCN(c4ccc(C)nc4)C2)cn3C2CC2)C1. The van der Waals surface area contributed by atoms with Gasteiger partial charge in [0.1, 0.15) is 5.82 Å². The van der Waals surface area contributed by atoms with Crippen LogP contribution in [0.25, 0.3) is 10.9 Å². The Balaban J connectivity index is 1.14. The highest BCUT2D eigenvalue weighted by Crippen LogP contribution is 2.39. The molecule has 1 amide bonds. The van der Waals surface area contributed by atoms with E-state index in [1.165, 1.54) is 6.07 Å². The van der Waals surface area contributed by atoms with Gasteiger partial charge in [-0.2, -0.15) is 0 Å². The summed E-state index contributed by atoms with van der Waals surface area (Å²) in [7, 11) is 0. The van der Waals surface area contributed by atoms with Crippen LogP contribution in [0.4, 0.5) is 20.6 Å². The fourth-order valence-electron chi connectivity index (χ4n) is 7.84. The minimum atomic E-state index is -0.396. The fraction of sp³-hybridized carbons (Fsp3) is 0.512. The number of ether oxygens (including phenoxy) is 1. The van der Waals surface area contributed by atoms with E-state index >= 15 is 4.39 Å². The molecule has 4 aromatic rings. The number of carbonyl (C=O) groups excluding carboxylic acids is 1. The molecule has 3 fully saturated rings. The predicted molar refractivity (Wildman–Crippen MR) is 203 cm³/mol. The molecular weight excluding hydrogens is 657 g/mol. The van der Waals surface area contributed by atoms with Crippen LogP contribution in [-0.4, -0.2) is 70.9 Å². The summed E-state index contributed by atoms with van der Waals surface area (Å²) in [6.07, 6.45) is 12.3. The van der Waals surface area contributed by atoms with E-state index < -0.39 is 6.09 Å². The number of carbonyl (C=O) groups is 1. The number of unbranched alkanes of at least 4 members (excludes halogenated alkanes) is 1. The van der Waals surface area contributed by atoms with Crippen LogP contribution in [0.3, 0.4) is 0 Å². The Morgan fingerprint density at radius 2 is 1.87 bits per heavy atom. The summed E-state index contributed by atoms with van der Waals surface area (Å²) >= 11 is 0. The largest absolute Gasteiger partial charge is 0.450 e. The van der Waals surface area contributed by atoms with Crippen LogP contribution in [0.15, 0.2) is 59.8 Å². The molecule has 0 spiro atoms. The van der Waals surface area contributed by atoms with Crippen LogP contribution in [0, 0.1) is 25.6 Å². The first-order chi connectivity index (χ1) is 25.2. The van der Waals surface area contributed by atoms with Gasteiger partial charge >= 0.3 is 6.09 Å². The van der Waals surface area contributed by atoms with Gasteiger partial charge in [0.2, 0.25) is 0 Å². The predicted octanol–water partition coefficient (Wildman–Crippen LogP) is 6.91. The van der Waals surface area contributed by atoms with Crippen LogP contribution in [-0.2, 0) is 17.8 Å². The van der Waals surface area contributed by atoms with E-state index in [-0.39, 0.29) is 23.2 Å². The highest BCUT2D eigenvalue weighted by atomic mass is 19.1. The monoisotopic (exact) mass is 709 g/mol. The van der Waals surface area contributed by atoms with E-state index in [2.05, 4.69) is 71.9 Å². The summed E-state index contributed by atoms with van der Waals surface area (Å²) in [5, 5.41) is 3.31. The number of piperidine rings is 1. The van der Waals surface area contributed by atoms with Crippen molar-refractivity contribution in [1.82, 2.24) is 24.8 Å². The number of alkyl carbamates (subject to hydrolysis) is 1. The third-order valence-corrected chi connectivity index (χ3v) is 10.9.